The molecule has 1 amide bonds. The van der Waals surface area contributed by atoms with Gasteiger partial charge in [-0.3, -0.25) is 9.89 Å². The molecular formula is C19H22ClN7O. The fraction of sp³-hybridized carbons (Fsp3) is 0.368. The smallest absolute Gasteiger partial charge is 0.276 e. The molecule has 2 aliphatic heterocycles. The largest absolute Gasteiger partial charge is 0.321 e. The molecule has 0 radical (unpaired) electrons. The third-order valence-electron chi connectivity index (χ3n) is 5.28. The van der Waals surface area contributed by atoms with E-state index < -0.39 is 0 Å². The number of rotatable bonds is 3. The highest BCUT2D eigenvalue weighted by atomic mass is 35.5. The highest BCUT2D eigenvalue weighted by molar-refractivity contribution is 6.04. The second-order valence-corrected chi connectivity index (χ2v) is 7.04. The molecule has 8 nitrogen and oxygen atoms in total. The maximum Gasteiger partial charge on any atom is 0.276 e. The van der Waals surface area contributed by atoms with Crippen molar-refractivity contribution in [1.82, 2.24) is 30.3 Å². The first-order valence-electron chi connectivity index (χ1n) is 9.40. The zero-order valence-corrected chi connectivity index (χ0v) is 16.2. The van der Waals surface area contributed by atoms with Gasteiger partial charge >= 0.3 is 0 Å². The number of aromatic amines is 1. The van der Waals surface area contributed by atoms with Crippen molar-refractivity contribution in [3.05, 3.63) is 47.0 Å². The number of fused-ring (bicyclic) bond motifs is 2. The normalized spacial score (nSPS) is 15.3. The lowest BCUT2D eigenvalue weighted by Crippen LogP contribution is -2.25. The molecule has 1 aromatic carbocycles. The van der Waals surface area contributed by atoms with Crippen LogP contribution in [-0.4, -0.2) is 37.4 Å². The minimum absolute atomic E-state index is 0. The number of hydrogen-bond donors (Lipinski definition) is 3. The van der Waals surface area contributed by atoms with Gasteiger partial charge in [0.25, 0.3) is 5.91 Å². The monoisotopic (exact) mass is 399 g/mol. The molecule has 0 saturated heterocycles. The highest BCUT2D eigenvalue weighted by Crippen LogP contribution is 2.24. The molecule has 146 valence electrons. The van der Waals surface area contributed by atoms with Crippen LogP contribution in [0, 0.1) is 0 Å². The number of carbonyl (C=O) groups is 1. The van der Waals surface area contributed by atoms with Gasteiger partial charge in [-0.15, -0.1) is 22.6 Å². The summed E-state index contributed by atoms with van der Waals surface area (Å²) in [6, 6.07) is 7.75. The molecule has 0 atom stereocenters. The molecule has 3 N–H and O–H groups in total. The van der Waals surface area contributed by atoms with E-state index in [1.54, 1.807) is 0 Å². The SMILES string of the molecule is Cl.O=C(Nc1ccc(-c2nnc3n2CCCC3)cc1)c1n[nH]c2c1CNCC2. The van der Waals surface area contributed by atoms with Crippen LogP contribution in [0.5, 0.6) is 0 Å². The van der Waals surface area contributed by atoms with Crippen LogP contribution in [-0.2, 0) is 25.9 Å². The van der Waals surface area contributed by atoms with Crippen LogP contribution in [0.4, 0.5) is 5.69 Å². The Morgan fingerprint density at radius 2 is 1.96 bits per heavy atom. The summed E-state index contributed by atoms with van der Waals surface area (Å²) in [5.74, 6) is 1.77. The van der Waals surface area contributed by atoms with E-state index in [-0.39, 0.29) is 18.3 Å². The standard InChI is InChI=1S/C19H21N7O.ClH/c27-19(17-14-11-20-9-8-15(14)22-24-17)21-13-6-4-12(5-7-13)18-25-23-16-3-1-2-10-26(16)18;/h4-7,20H,1-3,8-11H2,(H,21,27)(H,22,24);1H. The van der Waals surface area contributed by atoms with E-state index in [0.29, 0.717) is 12.2 Å². The number of amides is 1. The molecule has 2 aliphatic rings. The topological polar surface area (TPSA) is 101 Å². The van der Waals surface area contributed by atoms with Gasteiger partial charge in [0, 0.05) is 55.0 Å². The van der Waals surface area contributed by atoms with Crippen molar-refractivity contribution < 1.29 is 4.79 Å². The number of nitrogens with zero attached hydrogens (tertiary/aromatic N) is 4. The van der Waals surface area contributed by atoms with Gasteiger partial charge in [0.1, 0.15) is 5.82 Å². The lowest BCUT2D eigenvalue weighted by Gasteiger charge is -2.15. The molecule has 4 heterocycles. The molecule has 28 heavy (non-hydrogen) atoms. The predicted molar refractivity (Wildman–Crippen MR) is 108 cm³/mol. The van der Waals surface area contributed by atoms with Crippen molar-refractivity contribution in [2.24, 2.45) is 0 Å². The van der Waals surface area contributed by atoms with Crippen LogP contribution in [0.1, 0.15) is 40.4 Å². The van der Waals surface area contributed by atoms with Crippen LogP contribution in [0.2, 0.25) is 0 Å². The number of hydrogen-bond acceptors (Lipinski definition) is 5. The molecule has 0 bridgehead atoms. The first-order valence-corrected chi connectivity index (χ1v) is 9.40. The van der Waals surface area contributed by atoms with Crippen molar-refractivity contribution in [2.45, 2.75) is 38.8 Å². The molecule has 3 aromatic rings. The number of nitrogens with one attached hydrogen (secondary N) is 3. The first kappa shape index (κ1) is 18.6. The van der Waals surface area contributed by atoms with Crippen molar-refractivity contribution in [1.29, 1.82) is 0 Å². The fourth-order valence-electron chi connectivity index (χ4n) is 3.83. The molecular weight excluding hydrogens is 378 g/mol. The Morgan fingerprint density at radius 3 is 2.82 bits per heavy atom. The van der Waals surface area contributed by atoms with Crippen LogP contribution >= 0.6 is 12.4 Å². The summed E-state index contributed by atoms with van der Waals surface area (Å²) in [6.07, 6.45) is 4.20. The van der Waals surface area contributed by atoms with Crippen molar-refractivity contribution >= 4 is 24.0 Å². The summed E-state index contributed by atoms with van der Waals surface area (Å²) in [6.45, 7) is 2.55. The van der Waals surface area contributed by atoms with E-state index in [1.807, 2.05) is 24.3 Å². The number of aryl methyl sites for hydroxylation is 1. The summed E-state index contributed by atoms with van der Waals surface area (Å²) in [5.41, 5.74) is 4.22. The predicted octanol–water partition coefficient (Wildman–Crippen LogP) is 2.32. The average molecular weight is 400 g/mol. The summed E-state index contributed by atoms with van der Waals surface area (Å²) in [7, 11) is 0. The second-order valence-electron chi connectivity index (χ2n) is 7.04. The maximum absolute atomic E-state index is 12.6. The van der Waals surface area contributed by atoms with E-state index in [9.17, 15) is 4.79 Å². The Balaban J connectivity index is 0.00000192. The van der Waals surface area contributed by atoms with Gasteiger partial charge < -0.3 is 15.2 Å². The van der Waals surface area contributed by atoms with E-state index in [0.717, 1.165) is 66.5 Å². The van der Waals surface area contributed by atoms with Gasteiger partial charge in [0.15, 0.2) is 11.5 Å². The van der Waals surface area contributed by atoms with Crippen molar-refractivity contribution in [2.75, 3.05) is 11.9 Å². The van der Waals surface area contributed by atoms with Crippen molar-refractivity contribution in [3.63, 3.8) is 0 Å². The molecule has 0 saturated carbocycles. The number of benzene rings is 1. The van der Waals surface area contributed by atoms with Crippen LogP contribution in [0.3, 0.4) is 0 Å². The number of aromatic nitrogens is 5. The van der Waals surface area contributed by atoms with Crippen LogP contribution in [0.15, 0.2) is 24.3 Å². The molecule has 2 aromatic heterocycles. The number of H-pyrrole nitrogens is 1. The number of anilines is 1. The Labute approximate surface area is 168 Å². The van der Waals surface area contributed by atoms with Crippen LogP contribution < -0.4 is 10.6 Å². The van der Waals surface area contributed by atoms with E-state index in [4.69, 9.17) is 0 Å². The van der Waals surface area contributed by atoms with Gasteiger partial charge in [0.2, 0.25) is 0 Å². The Bertz CT molecular complexity index is 992. The molecule has 0 unspecified atom stereocenters. The third kappa shape index (κ3) is 3.29. The Kier molecular flexibility index (Phi) is 5.15. The van der Waals surface area contributed by atoms with E-state index >= 15 is 0 Å². The second kappa shape index (κ2) is 7.73. The lowest BCUT2D eigenvalue weighted by molar-refractivity contribution is 0.102. The molecule has 0 fully saturated rings. The first-order chi connectivity index (χ1) is 13.3. The lowest BCUT2D eigenvalue weighted by atomic mass is 10.1. The third-order valence-corrected chi connectivity index (χ3v) is 5.28. The fourth-order valence-corrected chi connectivity index (χ4v) is 3.83. The molecule has 0 spiro atoms. The summed E-state index contributed by atoms with van der Waals surface area (Å²) in [5, 5.41) is 22.1. The highest BCUT2D eigenvalue weighted by Gasteiger charge is 2.22. The molecule has 9 heteroatoms. The van der Waals surface area contributed by atoms with Gasteiger partial charge in [-0.1, -0.05) is 0 Å². The number of halogens is 1. The van der Waals surface area contributed by atoms with Gasteiger partial charge in [-0.2, -0.15) is 5.10 Å². The minimum Gasteiger partial charge on any atom is -0.321 e. The van der Waals surface area contributed by atoms with E-state index in [1.165, 1.54) is 6.42 Å². The molecule has 0 aliphatic carbocycles. The van der Waals surface area contributed by atoms with Crippen LogP contribution in [0.25, 0.3) is 11.4 Å². The average Bonchev–Trinajstić information content (AvgIpc) is 3.33. The summed E-state index contributed by atoms with van der Waals surface area (Å²) < 4.78 is 2.19. The van der Waals surface area contributed by atoms with Gasteiger partial charge in [-0.25, -0.2) is 0 Å². The molecule has 5 rings (SSSR count). The van der Waals surface area contributed by atoms with E-state index in [2.05, 4.69) is 35.6 Å². The zero-order valence-electron chi connectivity index (χ0n) is 15.4. The Hall–Kier alpha value is -2.71. The summed E-state index contributed by atoms with van der Waals surface area (Å²) in [4.78, 5) is 12.6. The van der Waals surface area contributed by atoms with Crippen molar-refractivity contribution in [3.8, 4) is 11.4 Å². The quantitative estimate of drug-likeness (QED) is 0.627. The van der Waals surface area contributed by atoms with Gasteiger partial charge in [-0.05, 0) is 37.1 Å². The summed E-state index contributed by atoms with van der Waals surface area (Å²) >= 11 is 0. The number of carbonyl (C=O) groups excluding carboxylic acids is 1. The minimum atomic E-state index is -0.191. The van der Waals surface area contributed by atoms with Gasteiger partial charge in [0.05, 0.1) is 0 Å². The Morgan fingerprint density at radius 1 is 1.11 bits per heavy atom. The maximum atomic E-state index is 12.6. The zero-order chi connectivity index (χ0) is 18.2.